The van der Waals surface area contributed by atoms with E-state index in [9.17, 15) is 9.90 Å². The van der Waals surface area contributed by atoms with Crippen molar-refractivity contribution < 1.29 is 18.7 Å². The van der Waals surface area contributed by atoms with Crippen molar-refractivity contribution >= 4 is 5.97 Å². The van der Waals surface area contributed by atoms with Crippen molar-refractivity contribution in [2.45, 2.75) is 19.9 Å². The van der Waals surface area contributed by atoms with E-state index in [1.807, 2.05) is 18.2 Å². The summed E-state index contributed by atoms with van der Waals surface area (Å²) in [6.45, 7) is 3.79. The first kappa shape index (κ1) is 20.0. The first-order valence-corrected chi connectivity index (χ1v) is 8.83. The smallest absolute Gasteiger partial charge is 0.335 e. The van der Waals surface area contributed by atoms with Gasteiger partial charge in [0, 0.05) is 11.1 Å². The number of nitrogens with two attached hydrogens (primary N) is 1. The van der Waals surface area contributed by atoms with E-state index in [2.05, 4.69) is 34.2 Å². The largest absolute Gasteiger partial charge is 0.478 e. The Morgan fingerprint density at radius 1 is 1.07 bits per heavy atom. The fourth-order valence-corrected chi connectivity index (χ4v) is 2.43. The lowest BCUT2D eigenvalue weighted by Gasteiger charge is -2.03. The highest BCUT2D eigenvalue weighted by Gasteiger charge is 2.16. The summed E-state index contributed by atoms with van der Waals surface area (Å²) in [5.74, 6) is -0.325. The van der Waals surface area contributed by atoms with Crippen LogP contribution in [0.1, 0.15) is 34.8 Å². The zero-order valence-electron chi connectivity index (χ0n) is 15.9. The maximum Gasteiger partial charge on any atom is 0.335 e. The Morgan fingerprint density at radius 3 is 2.24 bits per heavy atom. The monoisotopic (exact) mass is 392 g/mol. The van der Waals surface area contributed by atoms with Crippen LogP contribution < -0.4 is 5.73 Å². The number of carboxylic acids is 1. The van der Waals surface area contributed by atoms with Crippen LogP contribution in [0.3, 0.4) is 0 Å². The van der Waals surface area contributed by atoms with Gasteiger partial charge >= 0.3 is 5.97 Å². The molecule has 0 aliphatic rings. The number of oxazole rings is 1. The van der Waals surface area contributed by atoms with Gasteiger partial charge in [0.2, 0.25) is 17.7 Å². The summed E-state index contributed by atoms with van der Waals surface area (Å²) < 4.78 is 10.6. The van der Waals surface area contributed by atoms with Gasteiger partial charge in [-0.15, -0.1) is 10.2 Å². The SMILES string of the molecule is C[C@H](N)c1nnc(-c2cc(C(=O)O)cc(-c3ncco3)c2)o1.Cc1ccccc1. The number of aromatic nitrogens is 3. The quantitative estimate of drug-likeness (QED) is 0.531. The molecule has 0 unspecified atom stereocenters. The summed E-state index contributed by atoms with van der Waals surface area (Å²) in [6, 6.07) is 14.4. The average Bonchev–Trinajstić information content (AvgIpc) is 3.41. The van der Waals surface area contributed by atoms with Gasteiger partial charge in [0.15, 0.2) is 0 Å². The Labute approximate surface area is 167 Å². The molecule has 1 atom stereocenters. The third-order valence-corrected chi connectivity index (χ3v) is 3.88. The normalized spacial score (nSPS) is 11.4. The number of aromatic carboxylic acids is 1. The van der Waals surface area contributed by atoms with E-state index in [4.69, 9.17) is 14.6 Å². The van der Waals surface area contributed by atoms with E-state index in [1.54, 1.807) is 13.0 Å². The first-order valence-electron chi connectivity index (χ1n) is 8.83. The predicted molar refractivity (Wildman–Crippen MR) is 106 cm³/mol. The number of nitrogens with zero attached hydrogens (tertiary/aromatic N) is 3. The molecule has 0 fully saturated rings. The summed E-state index contributed by atoms with van der Waals surface area (Å²) in [5, 5.41) is 17.0. The first-order chi connectivity index (χ1) is 13.9. The van der Waals surface area contributed by atoms with Crippen LogP contribution >= 0.6 is 0 Å². The lowest BCUT2D eigenvalue weighted by Crippen LogP contribution is -2.04. The summed E-state index contributed by atoms with van der Waals surface area (Å²) >= 11 is 0. The second-order valence-corrected chi connectivity index (χ2v) is 6.33. The van der Waals surface area contributed by atoms with E-state index < -0.39 is 12.0 Å². The van der Waals surface area contributed by atoms with E-state index in [0.717, 1.165) is 0 Å². The molecule has 0 saturated heterocycles. The number of rotatable bonds is 4. The van der Waals surface area contributed by atoms with Gasteiger partial charge in [0.1, 0.15) is 6.26 Å². The van der Waals surface area contributed by atoms with E-state index in [-0.39, 0.29) is 17.3 Å². The summed E-state index contributed by atoms with van der Waals surface area (Å²) in [4.78, 5) is 15.3. The minimum absolute atomic E-state index is 0.0613. The highest BCUT2D eigenvalue weighted by atomic mass is 16.4. The summed E-state index contributed by atoms with van der Waals surface area (Å²) in [6.07, 6.45) is 2.88. The summed E-state index contributed by atoms with van der Waals surface area (Å²) in [7, 11) is 0. The lowest BCUT2D eigenvalue weighted by atomic mass is 10.1. The Morgan fingerprint density at radius 2 is 1.76 bits per heavy atom. The number of benzene rings is 2. The zero-order chi connectivity index (χ0) is 20.8. The number of hydrogen-bond acceptors (Lipinski definition) is 7. The average molecular weight is 392 g/mol. The van der Waals surface area contributed by atoms with Crippen LogP contribution in [0.15, 0.2) is 69.8 Å². The molecule has 3 N–H and O–H groups in total. The van der Waals surface area contributed by atoms with Crippen molar-refractivity contribution in [3.63, 3.8) is 0 Å². The summed E-state index contributed by atoms with van der Waals surface area (Å²) in [5.41, 5.74) is 8.01. The molecule has 0 saturated carbocycles. The van der Waals surface area contributed by atoms with Crippen LogP contribution in [0.5, 0.6) is 0 Å². The van der Waals surface area contributed by atoms with Crippen molar-refractivity contribution in [2.75, 3.05) is 0 Å². The van der Waals surface area contributed by atoms with Crippen molar-refractivity contribution in [2.24, 2.45) is 5.73 Å². The molecular weight excluding hydrogens is 372 g/mol. The Bertz CT molecular complexity index is 1070. The molecule has 29 heavy (non-hydrogen) atoms. The molecule has 4 aromatic rings. The van der Waals surface area contributed by atoms with Gasteiger partial charge in [0.25, 0.3) is 0 Å². The standard InChI is InChI=1S/C14H12N4O4.C7H8/c1-7(15)11-17-18-13(22-11)9-4-8(12-16-2-3-21-12)5-10(6-9)14(19)20;1-7-5-3-2-4-6-7/h2-7H,15H2,1H3,(H,19,20);2-6H,1H3/t7-;/m0./s1. The number of hydrogen-bond donors (Lipinski definition) is 2. The molecule has 0 amide bonds. The minimum Gasteiger partial charge on any atom is -0.478 e. The van der Waals surface area contributed by atoms with Gasteiger partial charge < -0.3 is 19.7 Å². The Hall–Kier alpha value is -3.78. The molecule has 2 heterocycles. The molecule has 0 bridgehead atoms. The van der Waals surface area contributed by atoms with Crippen LogP contribution in [0.2, 0.25) is 0 Å². The molecule has 0 radical (unpaired) electrons. The zero-order valence-corrected chi connectivity index (χ0v) is 15.9. The predicted octanol–water partition coefficient (Wildman–Crippen LogP) is 4.10. The van der Waals surface area contributed by atoms with E-state index in [0.29, 0.717) is 17.0 Å². The van der Waals surface area contributed by atoms with E-state index in [1.165, 1.54) is 30.2 Å². The Kier molecular flexibility index (Phi) is 6.16. The van der Waals surface area contributed by atoms with Crippen LogP contribution in [-0.2, 0) is 0 Å². The lowest BCUT2D eigenvalue weighted by molar-refractivity contribution is 0.0697. The fraction of sp³-hybridized carbons (Fsp3) is 0.143. The van der Waals surface area contributed by atoms with Crippen molar-refractivity contribution in [3.8, 4) is 22.9 Å². The Balaban J connectivity index is 0.000000290. The van der Waals surface area contributed by atoms with Gasteiger partial charge in [-0.1, -0.05) is 35.9 Å². The number of carbonyl (C=O) groups is 1. The van der Waals surface area contributed by atoms with Gasteiger partial charge in [-0.05, 0) is 32.0 Å². The molecule has 8 nitrogen and oxygen atoms in total. The van der Waals surface area contributed by atoms with Gasteiger partial charge in [-0.2, -0.15) is 0 Å². The third-order valence-electron chi connectivity index (χ3n) is 3.88. The van der Waals surface area contributed by atoms with Crippen LogP contribution in [0, 0.1) is 6.92 Å². The maximum atomic E-state index is 11.3. The molecule has 148 valence electrons. The highest BCUT2D eigenvalue weighted by Crippen LogP contribution is 2.27. The molecule has 2 aromatic carbocycles. The maximum absolute atomic E-state index is 11.3. The second-order valence-electron chi connectivity index (χ2n) is 6.33. The molecular formula is C21H20N4O4. The van der Waals surface area contributed by atoms with Crippen LogP contribution in [-0.4, -0.2) is 26.3 Å². The van der Waals surface area contributed by atoms with Crippen LogP contribution in [0.25, 0.3) is 22.9 Å². The van der Waals surface area contributed by atoms with Crippen LogP contribution in [0.4, 0.5) is 0 Å². The van der Waals surface area contributed by atoms with Crippen molar-refractivity contribution in [3.05, 3.63) is 78.0 Å². The highest BCUT2D eigenvalue weighted by molar-refractivity contribution is 5.91. The minimum atomic E-state index is -1.08. The molecule has 4 rings (SSSR count). The molecule has 0 aliphatic heterocycles. The van der Waals surface area contributed by atoms with Crippen molar-refractivity contribution in [1.29, 1.82) is 0 Å². The molecule has 0 spiro atoms. The second kappa shape index (κ2) is 8.94. The molecule has 8 heteroatoms. The van der Waals surface area contributed by atoms with Gasteiger partial charge in [-0.25, -0.2) is 9.78 Å². The van der Waals surface area contributed by atoms with Gasteiger partial charge in [-0.3, -0.25) is 0 Å². The van der Waals surface area contributed by atoms with Gasteiger partial charge in [0.05, 0.1) is 17.8 Å². The topological polar surface area (TPSA) is 128 Å². The molecule has 2 aromatic heterocycles. The van der Waals surface area contributed by atoms with E-state index >= 15 is 0 Å². The number of carboxylic acid groups (broad SMARTS) is 1. The number of aryl methyl sites for hydroxylation is 1. The fourth-order valence-electron chi connectivity index (χ4n) is 2.43. The third kappa shape index (κ3) is 5.14. The molecule has 0 aliphatic carbocycles. The van der Waals surface area contributed by atoms with Crippen molar-refractivity contribution in [1.82, 2.24) is 15.2 Å².